The van der Waals surface area contributed by atoms with E-state index in [-0.39, 0.29) is 24.1 Å². The fraction of sp³-hybridized carbons (Fsp3) is 0.412. The molecule has 8 heteroatoms. The smallest absolute Gasteiger partial charge is 0.277 e. The molecule has 1 aliphatic heterocycles. The number of anilines is 1. The average Bonchev–Trinajstić information content (AvgIpc) is 3.25. The minimum Gasteiger partial charge on any atom is -0.468 e. The molecule has 0 atom stereocenters. The number of carbonyl (C=O) groups is 2. The summed E-state index contributed by atoms with van der Waals surface area (Å²) in [5.41, 5.74) is 1.21. The molecule has 1 N–H and O–H groups in total. The molecule has 0 aromatic carbocycles. The van der Waals surface area contributed by atoms with Gasteiger partial charge in [-0.25, -0.2) is 9.67 Å². The topological polar surface area (TPSA) is 89.4 Å². The number of rotatable bonds is 5. The second-order valence-corrected chi connectivity index (χ2v) is 6.04. The van der Waals surface area contributed by atoms with E-state index in [2.05, 4.69) is 15.4 Å². The van der Waals surface area contributed by atoms with Crippen LogP contribution in [0.4, 0.5) is 5.82 Å². The van der Waals surface area contributed by atoms with Crippen LogP contribution in [0.5, 0.6) is 5.88 Å². The number of carbonyl (C=O) groups excluding carboxylic acids is 2. The minimum atomic E-state index is -0.382. The monoisotopic (exact) mass is 343 g/mol. The van der Waals surface area contributed by atoms with E-state index < -0.39 is 0 Å². The summed E-state index contributed by atoms with van der Waals surface area (Å²) >= 11 is 0. The highest BCUT2D eigenvalue weighted by molar-refractivity contribution is 6.02. The van der Waals surface area contributed by atoms with E-state index in [4.69, 9.17) is 4.74 Å². The van der Waals surface area contributed by atoms with Gasteiger partial charge in [0.1, 0.15) is 5.82 Å². The highest BCUT2D eigenvalue weighted by atomic mass is 16.5. The van der Waals surface area contributed by atoms with Crippen LogP contribution in [0.15, 0.2) is 24.4 Å². The Balaban J connectivity index is 1.60. The lowest BCUT2D eigenvalue weighted by Crippen LogP contribution is -2.32. The van der Waals surface area contributed by atoms with Crippen molar-refractivity contribution in [2.45, 2.75) is 19.8 Å². The van der Waals surface area contributed by atoms with Crippen molar-refractivity contribution >= 4 is 17.6 Å². The second-order valence-electron chi connectivity index (χ2n) is 6.04. The third-order valence-electron chi connectivity index (χ3n) is 4.02. The maximum Gasteiger partial charge on any atom is 0.277 e. The second kappa shape index (κ2) is 7.33. The van der Waals surface area contributed by atoms with Crippen LogP contribution in [-0.2, 0) is 11.8 Å². The van der Waals surface area contributed by atoms with E-state index in [9.17, 15) is 9.59 Å². The summed E-state index contributed by atoms with van der Waals surface area (Å²) in [5.74, 6) is 0.392. The Hall–Kier alpha value is -2.90. The molecular formula is C17H21N5O3. The molecule has 8 nitrogen and oxygen atoms in total. The highest BCUT2D eigenvalue weighted by Crippen LogP contribution is 2.15. The molecule has 0 unspecified atom stereocenters. The van der Waals surface area contributed by atoms with Crippen molar-refractivity contribution in [3.8, 4) is 5.88 Å². The molecule has 0 bridgehead atoms. The van der Waals surface area contributed by atoms with Gasteiger partial charge in [-0.3, -0.25) is 9.59 Å². The molecule has 2 aromatic rings. The molecular weight excluding hydrogens is 322 g/mol. The number of hydrogen-bond donors (Lipinski definition) is 1. The Morgan fingerprint density at radius 1 is 1.28 bits per heavy atom. The van der Waals surface area contributed by atoms with Crippen LogP contribution in [0.1, 0.15) is 28.9 Å². The van der Waals surface area contributed by atoms with Gasteiger partial charge in [0.15, 0.2) is 12.3 Å². The van der Waals surface area contributed by atoms with Gasteiger partial charge in [-0.15, -0.1) is 0 Å². The first kappa shape index (κ1) is 16.9. The number of ether oxygens (including phenoxy) is 1. The van der Waals surface area contributed by atoms with Gasteiger partial charge in [0.05, 0.1) is 0 Å². The number of nitrogens with one attached hydrogen (secondary N) is 1. The van der Waals surface area contributed by atoms with Crippen LogP contribution in [0, 0.1) is 6.92 Å². The van der Waals surface area contributed by atoms with Crippen LogP contribution < -0.4 is 10.1 Å². The molecule has 0 saturated carbocycles. The average molecular weight is 343 g/mol. The van der Waals surface area contributed by atoms with Crippen LogP contribution in [0.3, 0.4) is 0 Å². The molecule has 0 radical (unpaired) electrons. The first-order valence-corrected chi connectivity index (χ1v) is 8.21. The van der Waals surface area contributed by atoms with E-state index in [1.807, 2.05) is 13.0 Å². The lowest BCUT2D eigenvalue weighted by atomic mass is 10.3. The van der Waals surface area contributed by atoms with Gasteiger partial charge in [0.2, 0.25) is 5.88 Å². The Morgan fingerprint density at radius 2 is 2.04 bits per heavy atom. The first-order valence-electron chi connectivity index (χ1n) is 8.21. The molecule has 2 aromatic heterocycles. The van der Waals surface area contributed by atoms with Crippen molar-refractivity contribution in [2.75, 3.05) is 25.0 Å². The Labute approximate surface area is 145 Å². The summed E-state index contributed by atoms with van der Waals surface area (Å²) in [5, 5.41) is 6.81. The number of pyridine rings is 1. The van der Waals surface area contributed by atoms with Gasteiger partial charge in [-0.2, -0.15) is 5.10 Å². The fourth-order valence-electron chi connectivity index (χ4n) is 2.61. The summed E-state index contributed by atoms with van der Waals surface area (Å²) in [4.78, 5) is 30.2. The van der Waals surface area contributed by atoms with Gasteiger partial charge in [-0.05, 0) is 31.4 Å². The number of hydrogen-bond acceptors (Lipinski definition) is 5. The number of likely N-dealkylation sites (tertiary alicyclic amines) is 1. The predicted octanol–water partition coefficient (Wildman–Crippen LogP) is 1.38. The van der Waals surface area contributed by atoms with Crippen molar-refractivity contribution in [3.05, 3.63) is 35.7 Å². The lowest BCUT2D eigenvalue weighted by Gasteiger charge is -2.15. The third-order valence-corrected chi connectivity index (χ3v) is 4.02. The maximum atomic E-state index is 12.3. The fourth-order valence-corrected chi connectivity index (χ4v) is 2.61. The van der Waals surface area contributed by atoms with Crippen molar-refractivity contribution in [1.82, 2.24) is 19.7 Å². The zero-order valence-electron chi connectivity index (χ0n) is 14.4. The number of amides is 2. The SMILES string of the molecule is Cc1ccc(NC(=O)c2cc(OCC(=O)N3CCCC3)n(C)n2)nc1. The van der Waals surface area contributed by atoms with Crippen LogP contribution in [-0.4, -0.2) is 51.2 Å². The molecule has 132 valence electrons. The zero-order valence-corrected chi connectivity index (χ0v) is 14.4. The summed E-state index contributed by atoms with van der Waals surface area (Å²) < 4.78 is 6.96. The molecule has 1 fully saturated rings. The van der Waals surface area contributed by atoms with Gasteiger partial charge in [-0.1, -0.05) is 6.07 Å². The predicted molar refractivity (Wildman–Crippen MR) is 91.4 cm³/mol. The number of nitrogens with zero attached hydrogens (tertiary/aromatic N) is 4. The van der Waals surface area contributed by atoms with E-state index in [1.165, 1.54) is 10.7 Å². The van der Waals surface area contributed by atoms with Crippen molar-refractivity contribution in [3.63, 3.8) is 0 Å². The van der Waals surface area contributed by atoms with Gasteiger partial charge in [0.25, 0.3) is 11.8 Å². The lowest BCUT2D eigenvalue weighted by molar-refractivity contribution is -0.132. The molecule has 25 heavy (non-hydrogen) atoms. The minimum absolute atomic E-state index is 0.0476. The van der Waals surface area contributed by atoms with E-state index in [1.54, 1.807) is 24.2 Å². The number of aryl methyl sites for hydroxylation is 2. The summed E-state index contributed by atoms with van der Waals surface area (Å²) in [6.07, 6.45) is 3.75. The quantitative estimate of drug-likeness (QED) is 0.886. The molecule has 0 spiro atoms. The highest BCUT2D eigenvalue weighted by Gasteiger charge is 2.20. The molecule has 3 heterocycles. The Bertz CT molecular complexity index is 763. The molecule has 3 rings (SSSR count). The van der Waals surface area contributed by atoms with Gasteiger partial charge >= 0.3 is 0 Å². The van der Waals surface area contributed by atoms with Crippen LogP contribution in [0.2, 0.25) is 0 Å². The molecule has 0 aliphatic carbocycles. The normalized spacial score (nSPS) is 13.8. The maximum absolute atomic E-state index is 12.3. The summed E-state index contributed by atoms with van der Waals surface area (Å²) in [6.45, 7) is 3.43. The molecule has 1 aliphatic rings. The summed E-state index contributed by atoms with van der Waals surface area (Å²) in [7, 11) is 1.66. The van der Waals surface area contributed by atoms with Crippen molar-refractivity contribution in [1.29, 1.82) is 0 Å². The number of aromatic nitrogens is 3. The third kappa shape index (κ3) is 4.14. The standard InChI is InChI=1S/C17H21N5O3/c1-12-5-6-14(18-10-12)19-17(24)13-9-16(21(2)20-13)25-11-15(23)22-7-3-4-8-22/h5-6,9-10H,3-4,7-8,11H2,1-2H3,(H,18,19,24). The van der Waals surface area contributed by atoms with E-state index in [0.717, 1.165) is 31.5 Å². The Kier molecular flexibility index (Phi) is 4.97. The van der Waals surface area contributed by atoms with Crippen molar-refractivity contribution < 1.29 is 14.3 Å². The van der Waals surface area contributed by atoms with Gasteiger partial charge in [0, 0.05) is 32.4 Å². The van der Waals surface area contributed by atoms with Crippen LogP contribution >= 0.6 is 0 Å². The zero-order chi connectivity index (χ0) is 17.8. The molecule has 2 amide bonds. The van der Waals surface area contributed by atoms with Gasteiger partial charge < -0.3 is 15.0 Å². The summed E-state index contributed by atoms with van der Waals surface area (Å²) in [6, 6.07) is 5.10. The largest absolute Gasteiger partial charge is 0.468 e. The first-order chi connectivity index (χ1) is 12.0. The van der Waals surface area contributed by atoms with E-state index in [0.29, 0.717) is 11.7 Å². The molecule has 1 saturated heterocycles. The Morgan fingerprint density at radius 3 is 2.72 bits per heavy atom. The van der Waals surface area contributed by atoms with Crippen LogP contribution in [0.25, 0.3) is 0 Å². The van der Waals surface area contributed by atoms with Crippen molar-refractivity contribution in [2.24, 2.45) is 7.05 Å². The van der Waals surface area contributed by atoms with E-state index >= 15 is 0 Å².